The first-order chi connectivity index (χ1) is 5.88. The Labute approximate surface area is 100 Å². The SMILES string of the molecule is Clc1ccc(Cl)c(OC(Cl)(Cl)Cl)c1. The van der Waals surface area contributed by atoms with Crippen LogP contribution in [0.5, 0.6) is 5.75 Å². The molecule has 0 fully saturated rings. The predicted molar refractivity (Wildman–Crippen MR) is 57.4 cm³/mol. The van der Waals surface area contributed by atoms with E-state index in [1.54, 1.807) is 12.1 Å². The molecule has 0 N–H and O–H groups in total. The quantitative estimate of drug-likeness (QED) is 0.677. The van der Waals surface area contributed by atoms with Gasteiger partial charge in [0.1, 0.15) is 5.75 Å². The fourth-order valence-electron chi connectivity index (χ4n) is 0.680. The number of ether oxygens (including phenoxy) is 1. The van der Waals surface area contributed by atoms with Crippen molar-refractivity contribution in [2.24, 2.45) is 0 Å². The Kier molecular flexibility index (Phi) is 3.84. The average Bonchev–Trinajstić information content (AvgIpc) is 1.94. The molecule has 0 saturated carbocycles. The zero-order valence-electron chi connectivity index (χ0n) is 6.03. The average molecular weight is 280 g/mol. The van der Waals surface area contributed by atoms with E-state index in [0.29, 0.717) is 10.0 Å². The molecule has 0 bridgehead atoms. The van der Waals surface area contributed by atoms with Gasteiger partial charge in [-0.15, -0.1) is 0 Å². The molecule has 0 aliphatic carbocycles. The minimum atomic E-state index is -1.84. The van der Waals surface area contributed by atoms with Crippen LogP contribution in [-0.2, 0) is 0 Å². The lowest BCUT2D eigenvalue weighted by molar-refractivity contribution is 0.320. The van der Waals surface area contributed by atoms with Crippen LogP contribution in [0.4, 0.5) is 0 Å². The molecule has 1 rings (SSSR count). The summed E-state index contributed by atoms with van der Waals surface area (Å²) < 4.78 is 3.05. The van der Waals surface area contributed by atoms with Crippen molar-refractivity contribution in [2.75, 3.05) is 0 Å². The molecule has 1 aromatic carbocycles. The maximum atomic E-state index is 5.74. The van der Waals surface area contributed by atoms with Gasteiger partial charge in [-0.25, -0.2) is 0 Å². The van der Waals surface area contributed by atoms with Crippen LogP contribution >= 0.6 is 58.0 Å². The van der Waals surface area contributed by atoms with Gasteiger partial charge in [-0.3, -0.25) is 0 Å². The van der Waals surface area contributed by atoms with E-state index in [1.807, 2.05) is 0 Å². The zero-order chi connectivity index (χ0) is 10.1. The summed E-state index contributed by atoms with van der Waals surface area (Å²) in [7, 11) is 0. The third-order valence-corrected chi connectivity index (χ3v) is 1.90. The summed E-state index contributed by atoms with van der Waals surface area (Å²) in [6, 6.07) is 4.62. The van der Waals surface area contributed by atoms with Crippen LogP contribution in [0.2, 0.25) is 10.0 Å². The highest BCUT2D eigenvalue weighted by molar-refractivity contribution is 6.66. The van der Waals surface area contributed by atoms with Gasteiger partial charge in [0.25, 0.3) is 0 Å². The molecule has 0 atom stereocenters. The van der Waals surface area contributed by atoms with Crippen molar-refractivity contribution in [3.8, 4) is 5.75 Å². The number of benzene rings is 1. The van der Waals surface area contributed by atoms with Gasteiger partial charge in [0.15, 0.2) is 0 Å². The third-order valence-electron chi connectivity index (χ3n) is 1.12. The Morgan fingerprint density at radius 1 is 1.08 bits per heavy atom. The summed E-state index contributed by atoms with van der Waals surface area (Å²) in [4.78, 5) is 0. The van der Waals surface area contributed by atoms with Crippen molar-refractivity contribution in [1.82, 2.24) is 0 Å². The Bertz CT molecular complexity index is 306. The molecule has 0 unspecified atom stereocenters. The normalized spacial score (nSPS) is 11.5. The second kappa shape index (κ2) is 4.33. The van der Waals surface area contributed by atoms with Gasteiger partial charge in [-0.05, 0) is 46.9 Å². The molecule has 0 aliphatic heterocycles. The van der Waals surface area contributed by atoms with Crippen LogP contribution in [0.1, 0.15) is 0 Å². The van der Waals surface area contributed by atoms with E-state index in [4.69, 9.17) is 62.7 Å². The number of rotatable bonds is 1. The highest BCUT2D eigenvalue weighted by Crippen LogP contribution is 2.35. The van der Waals surface area contributed by atoms with Crippen molar-refractivity contribution in [3.05, 3.63) is 28.2 Å². The van der Waals surface area contributed by atoms with Crippen molar-refractivity contribution >= 4 is 58.0 Å². The lowest BCUT2D eigenvalue weighted by atomic mass is 10.3. The first-order valence-electron chi connectivity index (χ1n) is 3.09. The van der Waals surface area contributed by atoms with E-state index < -0.39 is 3.98 Å². The number of halogens is 5. The molecule has 13 heavy (non-hydrogen) atoms. The molecule has 1 aromatic rings. The molecule has 0 aliphatic rings. The lowest BCUT2D eigenvalue weighted by Crippen LogP contribution is -2.12. The van der Waals surface area contributed by atoms with Gasteiger partial charge >= 0.3 is 3.98 Å². The van der Waals surface area contributed by atoms with Gasteiger partial charge in [0.05, 0.1) is 5.02 Å². The summed E-state index contributed by atoms with van der Waals surface area (Å²) >= 11 is 27.6. The smallest absolute Gasteiger partial charge is 0.338 e. The Morgan fingerprint density at radius 2 is 1.69 bits per heavy atom. The van der Waals surface area contributed by atoms with Crippen LogP contribution < -0.4 is 4.74 Å². The number of hydrogen-bond donors (Lipinski definition) is 0. The Balaban J connectivity index is 2.94. The van der Waals surface area contributed by atoms with E-state index >= 15 is 0 Å². The second-order valence-electron chi connectivity index (χ2n) is 2.12. The minimum Gasteiger partial charge on any atom is -0.444 e. The predicted octanol–water partition coefficient (Wildman–Crippen LogP) is 4.70. The standard InChI is InChI=1S/C7H3Cl5O/c8-4-1-2-5(9)6(3-4)13-7(10,11)12/h1-3H. The maximum absolute atomic E-state index is 5.74. The molecule has 1 nitrogen and oxygen atoms in total. The molecule has 0 radical (unpaired) electrons. The molecule has 72 valence electrons. The van der Waals surface area contributed by atoms with Crippen molar-refractivity contribution in [1.29, 1.82) is 0 Å². The summed E-state index contributed by atoms with van der Waals surface area (Å²) in [5, 5.41) is 0.782. The van der Waals surface area contributed by atoms with Gasteiger partial charge in [0, 0.05) is 11.1 Å². The number of alkyl halides is 3. The molecular weight excluding hydrogens is 277 g/mol. The topological polar surface area (TPSA) is 9.23 Å². The van der Waals surface area contributed by atoms with Gasteiger partial charge < -0.3 is 4.74 Å². The minimum absolute atomic E-state index is 0.231. The van der Waals surface area contributed by atoms with Crippen LogP contribution in [-0.4, -0.2) is 3.98 Å². The van der Waals surface area contributed by atoms with E-state index in [1.165, 1.54) is 6.07 Å². The Hall–Kier alpha value is 0.470. The molecule has 0 saturated heterocycles. The molecule has 0 spiro atoms. The zero-order valence-corrected chi connectivity index (χ0v) is 9.81. The van der Waals surface area contributed by atoms with Crippen molar-refractivity contribution < 1.29 is 4.74 Å². The summed E-state index contributed by atoms with van der Waals surface area (Å²) in [6.45, 7) is 0. The Morgan fingerprint density at radius 3 is 2.23 bits per heavy atom. The van der Waals surface area contributed by atoms with Crippen LogP contribution in [0.3, 0.4) is 0 Å². The van der Waals surface area contributed by atoms with Crippen molar-refractivity contribution in [2.45, 2.75) is 3.98 Å². The largest absolute Gasteiger partial charge is 0.444 e. The fourth-order valence-corrected chi connectivity index (χ4v) is 1.25. The fraction of sp³-hybridized carbons (Fsp3) is 0.143. The monoisotopic (exact) mass is 278 g/mol. The van der Waals surface area contributed by atoms with Crippen LogP contribution in [0.15, 0.2) is 18.2 Å². The van der Waals surface area contributed by atoms with Crippen molar-refractivity contribution in [3.63, 3.8) is 0 Å². The molecule has 6 heteroatoms. The first kappa shape index (κ1) is 11.5. The van der Waals surface area contributed by atoms with E-state index in [0.717, 1.165) is 0 Å². The van der Waals surface area contributed by atoms with Crippen LogP contribution in [0.25, 0.3) is 0 Å². The van der Waals surface area contributed by atoms with Crippen LogP contribution in [0, 0.1) is 0 Å². The highest BCUT2D eigenvalue weighted by Gasteiger charge is 2.23. The molecular formula is C7H3Cl5O. The molecule has 0 amide bonds. The van der Waals surface area contributed by atoms with Gasteiger partial charge in [-0.2, -0.15) is 0 Å². The van der Waals surface area contributed by atoms with E-state index in [2.05, 4.69) is 0 Å². The third kappa shape index (κ3) is 4.01. The van der Waals surface area contributed by atoms with E-state index in [9.17, 15) is 0 Å². The maximum Gasteiger partial charge on any atom is 0.338 e. The van der Waals surface area contributed by atoms with E-state index in [-0.39, 0.29) is 5.75 Å². The summed E-state index contributed by atoms with van der Waals surface area (Å²) in [5.41, 5.74) is 0. The second-order valence-corrected chi connectivity index (χ2v) is 5.14. The van der Waals surface area contributed by atoms with Gasteiger partial charge in [0.2, 0.25) is 0 Å². The summed E-state index contributed by atoms with van der Waals surface area (Å²) in [5.74, 6) is 0.231. The molecule has 0 aromatic heterocycles. The lowest BCUT2D eigenvalue weighted by Gasteiger charge is -2.14. The van der Waals surface area contributed by atoms with Gasteiger partial charge in [-0.1, -0.05) is 23.2 Å². The number of hydrogen-bond acceptors (Lipinski definition) is 1. The summed E-state index contributed by atoms with van der Waals surface area (Å²) in [6.07, 6.45) is 0. The molecule has 0 heterocycles. The highest BCUT2D eigenvalue weighted by atomic mass is 35.6. The first-order valence-corrected chi connectivity index (χ1v) is 4.98.